The molecule has 0 saturated carbocycles. The molecule has 1 atom stereocenters. The fraction of sp³-hybridized carbons (Fsp3) is 0.429. The molecule has 0 aliphatic carbocycles. The summed E-state index contributed by atoms with van der Waals surface area (Å²) >= 11 is 0. The maximum absolute atomic E-state index is 9.09. The van der Waals surface area contributed by atoms with Gasteiger partial charge in [-0.3, -0.25) is 0 Å². The van der Waals surface area contributed by atoms with E-state index in [9.17, 15) is 0 Å². The maximum Gasteiger partial charge on any atom is 0.0483 e. The van der Waals surface area contributed by atoms with E-state index in [1.165, 1.54) is 16.5 Å². The average Bonchev–Trinajstić information content (AvgIpc) is 2.71. The predicted octanol–water partition coefficient (Wildman–Crippen LogP) is 2.83. The van der Waals surface area contributed by atoms with Crippen LogP contribution in [0.4, 0.5) is 0 Å². The lowest BCUT2D eigenvalue weighted by Gasteiger charge is -2.11. The van der Waals surface area contributed by atoms with Gasteiger partial charge in [0.1, 0.15) is 0 Å². The Morgan fingerprint density at radius 3 is 2.81 bits per heavy atom. The van der Waals surface area contributed by atoms with Crippen molar-refractivity contribution in [3.8, 4) is 0 Å². The molecule has 0 spiro atoms. The molecule has 16 heavy (non-hydrogen) atoms. The first-order valence-corrected chi connectivity index (χ1v) is 5.93. The van der Waals surface area contributed by atoms with Crippen molar-refractivity contribution >= 4 is 10.9 Å². The van der Waals surface area contributed by atoms with Crippen molar-refractivity contribution in [1.82, 2.24) is 4.57 Å². The lowest BCUT2D eigenvalue weighted by atomic mass is 10.1. The van der Waals surface area contributed by atoms with Gasteiger partial charge in [0, 0.05) is 24.9 Å². The standard InChI is InChI=1S/C14H19NO/c1-3-12-4-5-13-6-7-15(14(13)8-12)9-11(2)10-16/h4-8,11,16H,3,9-10H2,1-2H3. The summed E-state index contributed by atoms with van der Waals surface area (Å²) < 4.78 is 2.23. The molecular weight excluding hydrogens is 198 g/mol. The van der Waals surface area contributed by atoms with Gasteiger partial charge in [0.2, 0.25) is 0 Å². The van der Waals surface area contributed by atoms with Crippen molar-refractivity contribution in [1.29, 1.82) is 0 Å². The summed E-state index contributed by atoms with van der Waals surface area (Å²) in [7, 11) is 0. The van der Waals surface area contributed by atoms with Gasteiger partial charge in [-0.25, -0.2) is 0 Å². The predicted molar refractivity (Wildman–Crippen MR) is 67.6 cm³/mol. The third-order valence-corrected chi connectivity index (χ3v) is 3.07. The molecule has 2 nitrogen and oxygen atoms in total. The van der Waals surface area contributed by atoms with Gasteiger partial charge >= 0.3 is 0 Å². The fourth-order valence-corrected chi connectivity index (χ4v) is 2.00. The summed E-state index contributed by atoms with van der Waals surface area (Å²) in [5, 5.41) is 10.4. The number of aliphatic hydroxyl groups excluding tert-OH is 1. The highest BCUT2D eigenvalue weighted by molar-refractivity contribution is 5.80. The third-order valence-electron chi connectivity index (χ3n) is 3.07. The Labute approximate surface area is 96.5 Å². The molecule has 0 saturated heterocycles. The zero-order valence-electron chi connectivity index (χ0n) is 9.98. The number of benzene rings is 1. The van der Waals surface area contributed by atoms with Crippen molar-refractivity contribution in [2.75, 3.05) is 6.61 Å². The summed E-state index contributed by atoms with van der Waals surface area (Å²) in [4.78, 5) is 0. The van der Waals surface area contributed by atoms with Crippen LogP contribution in [0.15, 0.2) is 30.5 Å². The number of nitrogens with zero attached hydrogens (tertiary/aromatic N) is 1. The number of fused-ring (bicyclic) bond motifs is 1. The van der Waals surface area contributed by atoms with Gasteiger partial charge in [-0.15, -0.1) is 0 Å². The molecule has 0 fully saturated rings. The highest BCUT2D eigenvalue weighted by Gasteiger charge is 2.05. The lowest BCUT2D eigenvalue weighted by molar-refractivity contribution is 0.224. The number of aromatic nitrogens is 1. The Kier molecular flexibility index (Phi) is 3.30. The van der Waals surface area contributed by atoms with Crippen LogP contribution in [-0.4, -0.2) is 16.3 Å². The molecule has 2 rings (SSSR count). The van der Waals surface area contributed by atoms with Crippen LogP contribution < -0.4 is 0 Å². The molecule has 1 heterocycles. The number of hydrogen-bond donors (Lipinski definition) is 1. The Hall–Kier alpha value is -1.28. The number of rotatable bonds is 4. The minimum absolute atomic E-state index is 0.243. The first kappa shape index (κ1) is 11.2. The smallest absolute Gasteiger partial charge is 0.0483 e. The van der Waals surface area contributed by atoms with E-state index in [4.69, 9.17) is 5.11 Å². The number of aryl methyl sites for hydroxylation is 1. The van der Waals surface area contributed by atoms with Crippen molar-refractivity contribution < 1.29 is 5.11 Å². The second-order valence-electron chi connectivity index (χ2n) is 4.50. The minimum Gasteiger partial charge on any atom is -0.396 e. The highest BCUT2D eigenvalue weighted by atomic mass is 16.3. The monoisotopic (exact) mass is 217 g/mol. The quantitative estimate of drug-likeness (QED) is 0.837. The van der Waals surface area contributed by atoms with Gasteiger partial charge in [-0.2, -0.15) is 0 Å². The largest absolute Gasteiger partial charge is 0.396 e. The van der Waals surface area contributed by atoms with Gasteiger partial charge in [0.05, 0.1) is 0 Å². The van der Waals surface area contributed by atoms with Gasteiger partial charge in [0.15, 0.2) is 0 Å². The summed E-state index contributed by atoms with van der Waals surface area (Å²) in [5.41, 5.74) is 2.64. The third kappa shape index (κ3) is 2.12. The first-order chi connectivity index (χ1) is 7.74. The Morgan fingerprint density at radius 1 is 1.31 bits per heavy atom. The van der Waals surface area contributed by atoms with Crippen molar-refractivity contribution in [3.05, 3.63) is 36.0 Å². The first-order valence-electron chi connectivity index (χ1n) is 5.93. The Balaban J connectivity index is 2.38. The molecule has 2 heteroatoms. The molecule has 1 aromatic heterocycles. The second kappa shape index (κ2) is 4.71. The topological polar surface area (TPSA) is 25.2 Å². The van der Waals surface area contributed by atoms with E-state index >= 15 is 0 Å². The summed E-state index contributed by atoms with van der Waals surface area (Å²) in [6.07, 6.45) is 3.17. The van der Waals surface area contributed by atoms with Crippen LogP contribution in [0.25, 0.3) is 10.9 Å². The highest BCUT2D eigenvalue weighted by Crippen LogP contribution is 2.19. The molecule has 0 radical (unpaired) electrons. The second-order valence-corrected chi connectivity index (χ2v) is 4.50. The van der Waals surface area contributed by atoms with Crippen molar-refractivity contribution in [3.63, 3.8) is 0 Å². The number of aliphatic hydroxyl groups is 1. The molecule has 86 valence electrons. The molecular formula is C14H19NO. The molecule has 0 bridgehead atoms. The lowest BCUT2D eigenvalue weighted by Crippen LogP contribution is -2.10. The molecule has 1 unspecified atom stereocenters. The zero-order valence-corrected chi connectivity index (χ0v) is 9.98. The normalized spacial score (nSPS) is 13.2. The van der Waals surface area contributed by atoms with Gasteiger partial charge in [0.25, 0.3) is 0 Å². The van der Waals surface area contributed by atoms with E-state index in [1.807, 2.05) is 0 Å². The van der Waals surface area contributed by atoms with Crippen LogP contribution in [0.1, 0.15) is 19.4 Å². The molecule has 1 aromatic carbocycles. The summed E-state index contributed by atoms with van der Waals surface area (Å²) in [5.74, 6) is 0.306. The van der Waals surface area contributed by atoms with E-state index < -0.39 is 0 Å². The number of hydrogen-bond acceptors (Lipinski definition) is 1. The SMILES string of the molecule is CCc1ccc2ccn(CC(C)CO)c2c1. The van der Waals surface area contributed by atoms with Crippen molar-refractivity contribution in [2.24, 2.45) is 5.92 Å². The average molecular weight is 217 g/mol. The summed E-state index contributed by atoms with van der Waals surface area (Å²) in [6.45, 7) is 5.36. The van der Waals surface area contributed by atoms with Crippen LogP contribution in [0.5, 0.6) is 0 Å². The van der Waals surface area contributed by atoms with E-state index in [2.05, 4.69) is 48.9 Å². The Morgan fingerprint density at radius 2 is 2.12 bits per heavy atom. The van der Waals surface area contributed by atoms with E-state index in [0.29, 0.717) is 5.92 Å². The van der Waals surface area contributed by atoms with Gasteiger partial charge < -0.3 is 9.67 Å². The van der Waals surface area contributed by atoms with E-state index in [1.54, 1.807) is 0 Å². The Bertz CT molecular complexity index is 473. The molecule has 0 amide bonds. The van der Waals surface area contributed by atoms with Gasteiger partial charge in [-0.05, 0) is 35.4 Å². The van der Waals surface area contributed by atoms with E-state index in [0.717, 1.165) is 13.0 Å². The van der Waals surface area contributed by atoms with Crippen molar-refractivity contribution in [2.45, 2.75) is 26.8 Å². The van der Waals surface area contributed by atoms with Crippen LogP contribution in [-0.2, 0) is 13.0 Å². The summed E-state index contributed by atoms with van der Waals surface area (Å²) in [6, 6.07) is 8.74. The molecule has 2 aromatic rings. The fourth-order valence-electron chi connectivity index (χ4n) is 2.00. The van der Waals surface area contributed by atoms with Crippen LogP contribution >= 0.6 is 0 Å². The maximum atomic E-state index is 9.09. The van der Waals surface area contributed by atoms with Crippen LogP contribution in [0, 0.1) is 5.92 Å². The zero-order chi connectivity index (χ0) is 11.5. The van der Waals surface area contributed by atoms with Gasteiger partial charge in [-0.1, -0.05) is 26.0 Å². The van der Waals surface area contributed by atoms with E-state index in [-0.39, 0.29) is 6.61 Å². The van der Waals surface area contributed by atoms with Crippen LogP contribution in [0.2, 0.25) is 0 Å². The molecule has 0 aliphatic heterocycles. The minimum atomic E-state index is 0.243. The molecule has 0 aliphatic rings. The van der Waals surface area contributed by atoms with Crippen LogP contribution in [0.3, 0.4) is 0 Å². The molecule has 1 N–H and O–H groups in total.